The van der Waals surface area contributed by atoms with Crippen LogP contribution in [0.5, 0.6) is 5.75 Å². The summed E-state index contributed by atoms with van der Waals surface area (Å²) in [6.07, 6.45) is 2.07. The predicted octanol–water partition coefficient (Wildman–Crippen LogP) is 5.40. The number of rotatable bonds is 9. The number of anilines is 1. The first-order chi connectivity index (χ1) is 13.7. The lowest BCUT2D eigenvalue weighted by molar-refractivity contribution is 0.102. The zero-order valence-electron chi connectivity index (χ0n) is 15.4. The first kappa shape index (κ1) is 20.3. The molecule has 0 spiro atoms. The van der Waals surface area contributed by atoms with E-state index in [0.717, 1.165) is 18.6 Å². The molecule has 146 valence electrons. The van der Waals surface area contributed by atoms with E-state index in [4.69, 9.17) is 4.74 Å². The number of carbonyl (C=O) groups is 1. The summed E-state index contributed by atoms with van der Waals surface area (Å²) in [7, 11) is 0. The van der Waals surface area contributed by atoms with E-state index < -0.39 is 0 Å². The van der Waals surface area contributed by atoms with Gasteiger partial charge in [-0.2, -0.15) is 0 Å². The van der Waals surface area contributed by atoms with Gasteiger partial charge in [-0.15, -0.1) is 10.2 Å². The Balaban J connectivity index is 1.52. The number of thioether (sulfide) groups is 1. The van der Waals surface area contributed by atoms with E-state index >= 15 is 0 Å². The van der Waals surface area contributed by atoms with Crippen LogP contribution in [-0.4, -0.2) is 22.7 Å². The highest BCUT2D eigenvalue weighted by Crippen LogP contribution is 2.29. The van der Waals surface area contributed by atoms with Gasteiger partial charge in [-0.25, -0.2) is 4.39 Å². The summed E-state index contributed by atoms with van der Waals surface area (Å²) in [5.41, 5.74) is 1.12. The number of hydrogen-bond donors (Lipinski definition) is 1. The van der Waals surface area contributed by atoms with Crippen molar-refractivity contribution >= 4 is 34.1 Å². The molecule has 0 aliphatic carbocycles. The van der Waals surface area contributed by atoms with E-state index in [1.165, 1.54) is 29.2 Å². The molecule has 0 bridgehead atoms. The van der Waals surface area contributed by atoms with Gasteiger partial charge < -0.3 is 4.74 Å². The van der Waals surface area contributed by atoms with Gasteiger partial charge in [0.25, 0.3) is 5.91 Å². The van der Waals surface area contributed by atoms with Crippen molar-refractivity contribution in [2.45, 2.75) is 29.9 Å². The topological polar surface area (TPSA) is 64.1 Å². The van der Waals surface area contributed by atoms with Crippen LogP contribution in [-0.2, 0) is 5.75 Å². The van der Waals surface area contributed by atoms with Gasteiger partial charge in [-0.1, -0.05) is 54.6 Å². The first-order valence-corrected chi connectivity index (χ1v) is 10.7. The van der Waals surface area contributed by atoms with Crippen molar-refractivity contribution in [3.8, 4) is 5.75 Å². The van der Waals surface area contributed by atoms with Crippen molar-refractivity contribution in [2.24, 2.45) is 0 Å². The van der Waals surface area contributed by atoms with Crippen molar-refractivity contribution in [1.29, 1.82) is 0 Å². The van der Waals surface area contributed by atoms with E-state index in [1.54, 1.807) is 42.5 Å². The molecule has 3 aromatic rings. The Morgan fingerprint density at radius 1 is 1.18 bits per heavy atom. The second kappa shape index (κ2) is 10.2. The fourth-order valence-corrected chi connectivity index (χ4v) is 4.01. The van der Waals surface area contributed by atoms with E-state index in [2.05, 4.69) is 22.4 Å². The van der Waals surface area contributed by atoms with E-state index in [1.807, 2.05) is 0 Å². The molecule has 8 heteroatoms. The summed E-state index contributed by atoms with van der Waals surface area (Å²) in [5, 5.41) is 11.2. The van der Waals surface area contributed by atoms with Crippen LogP contribution in [0.15, 0.2) is 52.9 Å². The van der Waals surface area contributed by atoms with Gasteiger partial charge in [0.15, 0.2) is 4.34 Å². The Labute approximate surface area is 171 Å². The monoisotopic (exact) mass is 417 g/mol. The zero-order chi connectivity index (χ0) is 19.8. The standard InChI is InChI=1S/C20H20FN3O2S2/c1-2-3-12-26-16-10-8-14(9-11-16)18(25)22-19-23-24-20(28-19)27-13-15-6-4-5-7-17(15)21/h4-11H,2-3,12-13H2,1H3,(H,22,23,25). The Bertz CT molecular complexity index is 916. The second-order valence-electron chi connectivity index (χ2n) is 5.93. The molecule has 0 atom stereocenters. The molecule has 28 heavy (non-hydrogen) atoms. The number of carbonyl (C=O) groups excluding carboxylic acids is 1. The van der Waals surface area contributed by atoms with Gasteiger partial charge in [-0.3, -0.25) is 10.1 Å². The largest absolute Gasteiger partial charge is 0.494 e. The Hall–Kier alpha value is -2.45. The second-order valence-corrected chi connectivity index (χ2v) is 8.13. The van der Waals surface area contributed by atoms with E-state index in [-0.39, 0.29) is 11.7 Å². The first-order valence-electron chi connectivity index (χ1n) is 8.89. The van der Waals surface area contributed by atoms with Crippen molar-refractivity contribution in [3.05, 3.63) is 65.5 Å². The van der Waals surface area contributed by atoms with Crippen LogP contribution in [0.4, 0.5) is 9.52 Å². The number of nitrogens with zero attached hydrogens (tertiary/aromatic N) is 2. The van der Waals surface area contributed by atoms with Crippen LogP contribution in [0.1, 0.15) is 35.7 Å². The molecule has 1 N–H and O–H groups in total. The maximum atomic E-state index is 13.7. The van der Waals surface area contributed by atoms with Gasteiger partial charge in [0.05, 0.1) is 6.61 Å². The van der Waals surface area contributed by atoms with Gasteiger partial charge in [0.2, 0.25) is 5.13 Å². The zero-order valence-corrected chi connectivity index (χ0v) is 17.0. The van der Waals surface area contributed by atoms with Crippen LogP contribution < -0.4 is 10.1 Å². The van der Waals surface area contributed by atoms with E-state index in [0.29, 0.717) is 33.0 Å². The molecule has 0 aliphatic heterocycles. The van der Waals surface area contributed by atoms with Gasteiger partial charge in [0.1, 0.15) is 11.6 Å². The molecular weight excluding hydrogens is 397 g/mol. The molecule has 0 aliphatic rings. The number of aromatic nitrogens is 2. The summed E-state index contributed by atoms with van der Waals surface area (Å²) >= 11 is 2.64. The number of unbranched alkanes of at least 4 members (excludes halogenated alkanes) is 1. The molecular formula is C20H20FN3O2S2. The quantitative estimate of drug-likeness (QED) is 0.287. The summed E-state index contributed by atoms with van der Waals surface area (Å²) < 4.78 is 19.9. The summed E-state index contributed by atoms with van der Waals surface area (Å²) in [6, 6.07) is 13.6. The Kier molecular flexibility index (Phi) is 7.39. The lowest BCUT2D eigenvalue weighted by Crippen LogP contribution is -2.11. The van der Waals surface area contributed by atoms with Gasteiger partial charge in [-0.05, 0) is 42.3 Å². The number of ether oxygens (including phenoxy) is 1. The summed E-state index contributed by atoms with van der Waals surface area (Å²) in [4.78, 5) is 12.3. The lowest BCUT2D eigenvalue weighted by atomic mass is 10.2. The van der Waals surface area contributed by atoms with Crippen LogP contribution in [0, 0.1) is 5.82 Å². The Morgan fingerprint density at radius 2 is 1.96 bits per heavy atom. The smallest absolute Gasteiger partial charge is 0.257 e. The highest BCUT2D eigenvalue weighted by Gasteiger charge is 2.11. The predicted molar refractivity (Wildman–Crippen MR) is 111 cm³/mol. The molecule has 0 saturated carbocycles. The normalized spacial score (nSPS) is 10.6. The summed E-state index contributed by atoms with van der Waals surface area (Å²) in [6.45, 7) is 2.77. The van der Waals surface area contributed by atoms with Crippen LogP contribution in [0.2, 0.25) is 0 Å². The molecule has 0 unspecified atom stereocenters. The minimum atomic E-state index is -0.262. The third kappa shape index (κ3) is 5.77. The summed E-state index contributed by atoms with van der Waals surface area (Å²) in [5.74, 6) is 0.694. The van der Waals surface area contributed by atoms with Crippen molar-refractivity contribution in [1.82, 2.24) is 10.2 Å². The molecule has 0 radical (unpaired) electrons. The minimum absolute atomic E-state index is 0.241. The third-order valence-electron chi connectivity index (χ3n) is 3.82. The SMILES string of the molecule is CCCCOc1ccc(C(=O)Nc2nnc(SCc3ccccc3F)s2)cc1. The van der Waals surface area contributed by atoms with E-state index in [9.17, 15) is 9.18 Å². The molecule has 3 rings (SSSR count). The molecule has 2 aromatic carbocycles. The maximum Gasteiger partial charge on any atom is 0.257 e. The lowest BCUT2D eigenvalue weighted by Gasteiger charge is -2.06. The average Bonchev–Trinajstić information content (AvgIpc) is 3.15. The van der Waals surface area contributed by atoms with Crippen LogP contribution >= 0.6 is 23.1 Å². The van der Waals surface area contributed by atoms with Crippen molar-refractivity contribution in [2.75, 3.05) is 11.9 Å². The highest BCUT2D eigenvalue weighted by atomic mass is 32.2. The number of amides is 1. The minimum Gasteiger partial charge on any atom is -0.494 e. The maximum absolute atomic E-state index is 13.7. The molecule has 0 fully saturated rings. The molecule has 1 amide bonds. The van der Waals surface area contributed by atoms with Gasteiger partial charge in [0, 0.05) is 11.3 Å². The molecule has 1 heterocycles. The number of halogens is 1. The number of nitrogens with one attached hydrogen (secondary N) is 1. The third-order valence-corrected chi connectivity index (χ3v) is 5.84. The fraction of sp³-hybridized carbons (Fsp3) is 0.250. The average molecular weight is 418 g/mol. The van der Waals surface area contributed by atoms with Gasteiger partial charge >= 0.3 is 0 Å². The van der Waals surface area contributed by atoms with Crippen molar-refractivity contribution < 1.29 is 13.9 Å². The molecule has 0 saturated heterocycles. The fourth-order valence-electron chi connectivity index (χ4n) is 2.28. The Morgan fingerprint density at radius 3 is 2.71 bits per heavy atom. The van der Waals surface area contributed by atoms with Crippen LogP contribution in [0.25, 0.3) is 0 Å². The van der Waals surface area contributed by atoms with Crippen LogP contribution in [0.3, 0.4) is 0 Å². The number of benzene rings is 2. The highest BCUT2D eigenvalue weighted by molar-refractivity contribution is 8.00. The number of hydrogen-bond acceptors (Lipinski definition) is 6. The molecule has 1 aromatic heterocycles. The van der Waals surface area contributed by atoms with Crippen molar-refractivity contribution in [3.63, 3.8) is 0 Å². The molecule has 5 nitrogen and oxygen atoms in total.